The Bertz CT molecular complexity index is 897. The van der Waals surface area contributed by atoms with Crippen molar-refractivity contribution >= 4 is 27.6 Å². The van der Waals surface area contributed by atoms with E-state index in [9.17, 15) is 9.59 Å². The Hall–Kier alpha value is -2.34. The Morgan fingerprint density at radius 2 is 2.08 bits per heavy atom. The number of amides is 1. The predicted molar refractivity (Wildman–Crippen MR) is 100.0 cm³/mol. The van der Waals surface area contributed by atoms with Crippen molar-refractivity contribution in [2.75, 3.05) is 20.2 Å². The van der Waals surface area contributed by atoms with E-state index in [2.05, 4.69) is 15.9 Å². The molecular formula is C20H18BrNO4. The number of rotatable bonds is 2. The fourth-order valence-corrected chi connectivity index (χ4v) is 4.07. The van der Waals surface area contributed by atoms with Gasteiger partial charge >= 0.3 is 0 Å². The van der Waals surface area contributed by atoms with E-state index in [1.165, 1.54) is 0 Å². The molecule has 2 aliphatic rings. The van der Waals surface area contributed by atoms with Gasteiger partial charge in [-0.05, 0) is 46.3 Å². The SMILES string of the molecule is COc1ccc(Br)c(C(=O)N2CCC3(CC(=O)c4ccccc4O3)C2)c1. The minimum Gasteiger partial charge on any atom is -0.497 e. The van der Waals surface area contributed by atoms with Gasteiger partial charge in [-0.2, -0.15) is 0 Å². The first-order valence-corrected chi connectivity index (χ1v) is 9.25. The van der Waals surface area contributed by atoms with Gasteiger partial charge in [0, 0.05) is 17.4 Å². The molecule has 0 radical (unpaired) electrons. The fourth-order valence-electron chi connectivity index (χ4n) is 3.65. The molecule has 1 saturated heterocycles. The monoisotopic (exact) mass is 415 g/mol. The van der Waals surface area contributed by atoms with Crippen LogP contribution in [-0.2, 0) is 0 Å². The van der Waals surface area contributed by atoms with Gasteiger partial charge in [0.15, 0.2) is 5.78 Å². The third kappa shape index (κ3) is 2.88. The number of ether oxygens (including phenoxy) is 2. The van der Waals surface area contributed by atoms with E-state index in [1.54, 1.807) is 36.3 Å². The molecule has 1 spiro atoms. The van der Waals surface area contributed by atoms with Gasteiger partial charge < -0.3 is 14.4 Å². The van der Waals surface area contributed by atoms with Gasteiger partial charge in [0.1, 0.15) is 17.1 Å². The number of halogens is 1. The van der Waals surface area contributed by atoms with Crippen LogP contribution in [0.25, 0.3) is 0 Å². The fraction of sp³-hybridized carbons (Fsp3) is 0.300. The number of nitrogens with zero attached hydrogens (tertiary/aromatic N) is 1. The molecule has 0 aliphatic carbocycles. The minimum atomic E-state index is -0.633. The number of Topliss-reactive ketones (excluding diaryl/α,β-unsaturated/α-hetero) is 1. The Balaban J connectivity index is 1.58. The summed E-state index contributed by atoms with van der Waals surface area (Å²) in [6.07, 6.45) is 0.938. The van der Waals surface area contributed by atoms with Gasteiger partial charge in [0.25, 0.3) is 5.91 Å². The lowest BCUT2D eigenvalue weighted by Gasteiger charge is -2.34. The van der Waals surface area contributed by atoms with E-state index in [0.717, 1.165) is 4.47 Å². The number of hydrogen-bond acceptors (Lipinski definition) is 4. The number of benzene rings is 2. The molecule has 2 aromatic rings. The van der Waals surface area contributed by atoms with Crippen LogP contribution in [-0.4, -0.2) is 42.4 Å². The highest BCUT2D eigenvalue weighted by Crippen LogP contribution is 2.39. The number of carbonyl (C=O) groups excluding carboxylic acids is 2. The molecule has 26 heavy (non-hydrogen) atoms. The average Bonchev–Trinajstić information content (AvgIpc) is 3.04. The lowest BCUT2D eigenvalue weighted by Crippen LogP contribution is -2.45. The topological polar surface area (TPSA) is 55.8 Å². The molecule has 6 heteroatoms. The van der Waals surface area contributed by atoms with Gasteiger partial charge in [-0.3, -0.25) is 9.59 Å². The zero-order valence-corrected chi connectivity index (χ0v) is 15.9. The molecule has 2 heterocycles. The maximum atomic E-state index is 13.0. The Morgan fingerprint density at radius 3 is 2.88 bits per heavy atom. The summed E-state index contributed by atoms with van der Waals surface area (Å²) in [7, 11) is 1.57. The number of carbonyl (C=O) groups is 2. The molecular weight excluding hydrogens is 398 g/mol. The molecule has 5 nitrogen and oxygen atoms in total. The van der Waals surface area contributed by atoms with Crippen molar-refractivity contribution < 1.29 is 19.1 Å². The summed E-state index contributed by atoms with van der Waals surface area (Å²) >= 11 is 3.44. The number of ketones is 1. The lowest BCUT2D eigenvalue weighted by atomic mass is 9.89. The van der Waals surface area contributed by atoms with Crippen molar-refractivity contribution in [2.45, 2.75) is 18.4 Å². The van der Waals surface area contributed by atoms with E-state index in [4.69, 9.17) is 9.47 Å². The smallest absolute Gasteiger partial charge is 0.255 e. The zero-order valence-electron chi connectivity index (χ0n) is 14.3. The maximum absolute atomic E-state index is 13.0. The van der Waals surface area contributed by atoms with Gasteiger partial charge in [-0.1, -0.05) is 12.1 Å². The first-order chi connectivity index (χ1) is 12.5. The Morgan fingerprint density at radius 1 is 1.27 bits per heavy atom. The molecule has 2 aliphatic heterocycles. The quantitative estimate of drug-likeness (QED) is 0.749. The summed E-state index contributed by atoms with van der Waals surface area (Å²) in [5.41, 5.74) is 0.536. The summed E-state index contributed by atoms with van der Waals surface area (Å²) < 4.78 is 12.1. The van der Waals surface area contributed by atoms with Crippen LogP contribution in [0, 0.1) is 0 Å². The molecule has 1 fully saturated rings. The zero-order chi connectivity index (χ0) is 18.3. The summed E-state index contributed by atoms with van der Waals surface area (Å²) in [5.74, 6) is 1.22. The Kier molecular flexibility index (Phi) is 4.23. The van der Waals surface area contributed by atoms with Gasteiger partial charge in [-0.25, -0.2) is 0 Å². The molecule has 134 valence electrons. The maximum Gasteiger partial charge on any atom is 0.255 e. The second kappa shape index (κ2) is 6.43. The molecule has 4 rings (SSSR count). The van der Waals surface area contributed by atoms with E-state index < -0.39 is 5.60 Å². The lowest BCUT2D eigenvalue weighted by molar-refractivity contribution is 0.0428. The van der Waals surface area contributed by atoms with Crippen molar-refractivity contribution in [3.05, 3.63) is 58.1 Å². The van der Waals surface area contributed by atoms with Crippen LogP contribution in [0.4, 0.5) is 0 Å². The van der Waals surface area contributed by atoms with E-state index >= 15 is 0 Å². The van der Waals surface area contributed by atoms with Gasteiger partial charge in [0.05, 0.1) is 31.2 Å². The first-order valence-electron chi connectivity index (χ1n) is 8.45. The summed E-state index contributed by atoms with van der Waals surface area (Å²) in [4.78, 5) is 27.3. The van der Waals surface area contributed by atoms with Crippen molar-refractivity contribution in [1.82, 2.24) is 4.90 Å². The minimum absolute atomic E-state index is 0.0729. The van der Waals surface area contributed by atoms with E-state index in [1.807, 2.05) is 18.2 Å². The number of likely N-dealkylation sites (tertiary alicyclic amines) is 1. The molecule has 2 aromatic carbocycles. The normalized spacial score (nSPS) is 21.5. The molecule has 1 unspecified atom stereocenters. The van der Waals surface area contributed by atoms with Crippen molar-refractivity contribution in [1.29, 1.82) is 0 Å². The Labute approximate surface area is 160 Å². The second-order valence-electron chi connectivity index (χ2n) is 6.70. The second-order valence-corrected chi connectivity index (χ2v) is 7.56. The van der Waals surface area contributed by atoms with Crippen LogP contribution >= 0.6 is 15.9 Å². The molecule has 1 amide bonds. The third-order valence-electron chi connectivity index (χ3n) is 5.00. The highest BCUT2D eigenvalue weighted by molar-refractivity contribution is 9.10. The first kappa shape index (κ1) is 17.1. The number of fused-ring (bicyclic) bond motifs is 1. The molecule has 0 aromatic heterocycles. The summed E-state index contributed by atoms with van der Waals surface area (Å²) in [5, 5.41) is 0. The number of hydrogen-bond donors (Lipinski definition) is 0. The number of para-hydroxylation sites is 1. The molecule has 0 bridgehead atoms. The van der Waals surface area contributed by atoms with E-state index in [-0.39, 0.29) is 11.7 Å². The van der Waals surface area contributed by atoms with Gasteiger partial charge in [-0.15, -0.1) is 0 Å². The molecule has 0 N–H and O–H groups in total. The van der Waals surface area contributed by atoms with E-state index in [0.29, 0.717) is 48.6 Å². The van der Waals surface area contributed by atoms with Crippen LogP contribution in [0.2, 0.25) is 0 Å². The highest BCUT2D eigenvalue weighted by atomic mass is 79.9. The average molecular weight is 416 g/mol. The van der Waals surface area contributed by atoms with Gasteiger partial charge in [0.2, 0.25) is 0 Å². The van der Waals surface area contributed by atoms with Crippen LogP contribution in [0.1, 0.15) is 33.6 Å². The predicted octanol–water partition coefficient (Wildman–Crippen LogP) is 3.71. The van der Waals surface area contributed by atoms with Crippen LogP contribution < -0.4 is 9.47 Å². The molecule has 0 saturated carbocycles. The summed E-state index contributed by atoms with van der Waals surface area (Å²) in [6.45, 7) is 0.952. The standard InChI is InChI=1S/C20H18BrNO4/c1-25-13-6-7-16(21)15(10-13)19(24)22-9-8-20(12-22)11-17(23)14-4-2-3-5-18(14)26-20/h2-7,10H,8-9,11-12H2,1H3. The summed E-state index contributed by atoms with van der Waals surface area (Å²) in [6, 6.07) is 12.6. The third-order valence-corrected chi connectivity index (χ3v) is 5.70. The van der Waals surface area contributed by atoms with Crippen molar-refractivity contribution in [3.63, 3.8) is 0 Å². The highest BCUT2D eigenvalue weighted by Gasteiger charge is 2.47. The van der Waals surface area contributed by atoms with Crippen molar-refractivity contribution in [3.8, 4) is 11.5 Å². The van der Waals surface area contributed by atoms with Crippen LogP contribution in [0.3, 0.4) is 0 Å². The molecule has 1 atom stereocenters. The van der Waals surface area contributed by atoms with Crippen molar-refractivity contribution in [2.24, 2.45) is 0 Å². The largest absolute Gasteiger partial charge is 0.497 e. The van der Waals surface area contributed by atoms with Crippen LogP contribution in [0.5, 0.6) is 11.5 Å². The number of methoxy groups -OCH3 is 1. The van der Waals surface area contributed by atoms with Crippen LogP contribution in [0.15, 0.2) is 46.9 Å².